The van der Waals surface area contributed by atoms with Crippen LogP contribution in [0.3, 0.4) is 0 Å². The number of aromatic amines is 1. The van der Waals surface area contributed by atoms with Crippen molar-refractivity contribution in [1.29, 1.82) is 0 Å². The van der Waals surface area contributed by atoms with Crippen molar-refractivity contribution in [3.05, 3.63) is 40.4 Å². The van der Waals surface area contributed by atoms with Crippen molar-refractivity contribution in [3.8, 4) is 0 Å². The van der Waals surface area contributed by atoms with E-state index in [1.165, 1.54) is 0 Å². The van der Waals surface area contributed by atoms with Gasteiger partial charge in [-0.1, -0.05) is 26.0 Å². The van der Waals surface area contributed by atoms with Crippen LogP contribution in [0.5, 0.6) is 0 Å². The Labute approximate surface area is 122 Å². The molecule has 0 aliphatic heterocycles. The van der Waals surface area contributed by atoms with Crippen LogP contribution < -0.4 is 10.9 Å². The SMILES string of the molecule is CC(C)CC(NCc1nc2ccccc2c(=O)[nH]1)C(=O)O. The number of carbonyl (C=O) groups is 1. The average molecular weight is 289 g/mol. The molecule has 1 heterocycles. The minimum Gasteiger partial charge on any atom is -0.480 e. The molecule has 0 aliphatic carbocycles. The molecule has 0 fully saturated rings. The summed E-state index contributed by atoms with van der Waals surface area (Å²) in [5.41, 5.74) is 0.391. The topological polar surface area (TPSA) is 95.1 Å². The van der Waals surface area contributed by atoms with Gasteiger partial charge in [0.15, 0.2) is 0 Å². The van der Waals surface area contributed by atoms with E-state index in [4.69, 9.17) is 0 Å². The zero-order chi connectivity index (χ0) is 15.4. The highest BCUT2D eigenvalue weighted by Gasteiger charge is 2.18. The van der Waals surface area contributed by atoms with Crippen molar-refractivity contribution in [3.63, 3.8) is 0 Å². The van der Waals surface area contributed by atoms with Crippen LogP contribution >= 0.6 is 0 Å². The predicted molar refractivity (Wildman–Crippen MR) is 80.1 cm³/mol. The van der Waals surface area contributed by atoms with Gasteiger partial charge in [-0.15, -0.1) is 0 Å². The Morgan fingerprint density at radius 2 is 2.10 bits per heavy atom. The monoisotopic (exact) mass is 289 g/mol. The Kier molecular flexibility index (Phi) is 4.70. The summed E-state index contributed by atoms with van der Waals surface area (Å²) < 4.78 is 0. The van der Waals surface area contributed by atoms with E-state index in [0.29, 0.717) is 23.1 Å². The first-order chi connectivity index (χ1) is 9.97. The summed E-state index contributed by atoms with van der Waals surface area (Å²) >= 11 is 0. The highest BCUT2D eigenvalue weighted by molar-refractivity contribution is 5.77. The molecule has 1 unspecified atom stereocenters. The zero-order valence-electron chi connectivity index (χ0n) is 12.1. The molecule has 0 saturated heterocycles. The third kappa shape index (κ3) is 3.88. The normalized spacial score (nSPS) is 12.7. The standard InChI is InChI=1S/C15H19N3O3/c1-9(2)7-12(15(20)21)16-8-13-17-11-6-4-3-5-10(11)14(19)18-13/h3-6,9,12,16H,7-8H2,1-2H3,(H,20,21)(H,17,18,19). The molecule has 0 radical (unpaired) electrons. The number of benzene rings is 1. The van der Waals surface area contributed by atoms with Crippen LogP contribution in [0.1, 0.15) is 26.1 Å². The third-order valence-corrected chi connectivity index (χ3v) is 3.18. The van der Waals surface area contributed by atoms with Gasteiger partial charge in [-0.05, 0) is 24.5 Å². The van der Waals surface area contributed by atoms with E-state index in [9.17, 15) is 14.7 Å². The molecule has 1 atom stereocenters. The summed E-state index contributed by atoms with van der Waals surface area (Å²) in [4.78, 5) is 30.1. The van der Waals surface area contributed by atoms with Crippen LogP contribution in [-0.2, 0) is 11.3 Å². The molecule has 3 N–H and O–H groups in total. The van der Waals surface area contributed by atoms with E-state index in [2.05, 4.69) is 15.3 Å². The lowest BCUT2D eigenvalue weighted by Crippen LogP contribution is -2.38. The number of aliphatic carboxylic acids is 1. The lowest BCUT2D eigenvalue weighted by Gasteiger charge is -2.16. The average Bonchev–Trinajstić information content (AvgIpc) is 2.43. The van der Waals surface area contributed by atoms with E-state index in [-0.39, 0.29) is 18.0 Å². The third-order valence-electron chi connectivity index (χ3n) is 3.18. The molecule has 112 valence electrons. The molecule has 0 spiro atoms. The summed E-state index contributed by atoms with van der Waals surface area (Å²) in [6.07, 6.45) is 0.521. The van der Waals surface area contributed by atoms with Gasteiger partial charge in [0.25, 0.3) is 5.56 Å². The first kappa shape index (κ1) is 15.2. The molecule has 2 aromatic rings. The number of nitrogens with zero attached hydrogens (tertiary/aromatic N) is 1. The number of nitrogens with one attached hydrogen (secondary N) is 2. The number of carboxylic acids is 1. The quantitative estimate of drug-likeness (QED) is 0.749. The van der Waals surface area contributed by atoms with Crippen molar-refractivity contribution in [1.82, 2.24) is 15.3 Å². The summed E-state index contributed by atoms with van der Waals surface area (Å²) in [6.45, 7) is 4.14. The Bertz CT molecular complexity index is 694. The van der Waals surface area contributed by atoms with E-state index in [0.717, 1.165) is 0 Å². The van der Waals surface area contributed by atoms with Crippen LogP contribution in [0, 0.1) is 5.92 Å². The van der Waals surface area contributed by atoms with E-state index >= 15 is 0 Å². The number of carboxylic acid groups (broad SMARTS) is 1. The maximum absolute atomic E-state index is 11.9. The number of fused-ring (bicyclic) bond motifs is 1. The van der Waals surface area contributed by atoms with Gasteiger partial charge < -0.3 is 10.1 Å². The number of hydrogen-bond acceptors (Lipinski definition) is 4. The lowest BCUT2D eigenvalue weighted by molar-refractivity contribution is -0.140. The zero-order valence-corrected chi connectivity index (χ0v) is 12.1. The molecule has 0 bridgehead atoms. The molecule has 2 rings (SSSR count). The van der Waals surface area contributed by atoms with Gasteiger partial charge >= 0.3 is 5.97 Å². The fourth-order valence-electron chi connectivity index (χ4n) is 2.18. The molecule has 1 aromatic carbocycles. The smallest absolute Gasteiger partial charge is 0.320 e. The highest BCUT2D eigenvalue weighted by atomic mass is 16.4. The van der Waals surface area contributed by atoms with Crippen LogP contribution in [-0.4, -0.2) is 27.1 Å². The second-order valence-electron chi connectivity index (χ2n) is 5.43. The Morgan fingerprint density at radius 1 is 1.38 bits per heavy atom. The second-order valence-corrected chi connectivity index (χ2v) is 5.43. The van der Waals surface area contributed by atoms with Gasteiger partial charge in [0.05, 0.1) is 17.4 Å². The van der Waals surface area contributed by atoms with E-state index < -0.39 is 12.0 Å². The van der Waals surface area contributed by atoms with Crippen LogP contribution in [0.4, 0.5) is 0 Å². The predicted octanol–water partition coefficient (Wildman–Crippen LogP) is 1.51. The number of H-pyrrole nitrogens is 1. The molecule has 0 aliphatic rings. The van der Waals surface area contributed by atoms with Crippen molar-refractivity contribution in [2.75, 3.05) is 0 Å². The van der Waals surface area contributed by atoms with Gasteiger partial charge in [0, 0.05) is 0 Å². The minimum atomic E-state index is -0.896. The summed E-state index contributed by atoms with van der Waals surface area (Å²) in [5, 5.41) is 12.6. The number of hydrogen-bond donors (Lipinski definition) is 3. The molecule has 0 saturated carbocycles. The van der Waals surface area contributed by atoms with Gasteiger partial charge in [0.1, 0.15) is 11.9 Å². The number of para-hydroxylation sites is 1. The maximum atomic E-state index is 11.9. The first-order valence-electron chi connectivity index (χ1n) is 6.91. The minimum absolute atomic E-state index is 0.212. The van der Waals surface area contributed by atoms with Crippen molar-refractivity contribution in [2.24, 2.45) is 5.92 Å². The van der Waals surface area contributed by atoms with Crippen molar-refractivity contribution < 1.29 is 9.90 Å². The number of rotatable bonds is 6. The first-order valence-corrected chi connectivity index (χ1v) is 6.91. The molecule has 0 amide bonds. The van der Waals surface area contributed by atoms with E-state index in [1.54, 1.807) is 18.2 Å². The largest absolute Gasteiger partial charge is 0.480 e. The Balaban J connectivity index is 2.16. The number of aromatic nitrogens is 2. The lowest BCUT2D eigenvalue weighted by atomic mass is 10.0. The summed E-state index contributed by atoms with van der Waals surface area (Å²) in [5.74, 6) is -0.192. The fraction of sp³-hybridized carbons (Fsp3) is 0.400. The molecule has 6 nitrogen and oxygen atoms in total. The molecule has 21 heavy (non-hydrogen) atoms. The van der Waals surface area contributed by atoms with Crippen molar-refractivity contribution >= 4 is 16.9 Å². The van der Waals surface area contributed by atoms with Gasteiger partial charge in [-0.2, -0.15) is 0 Å². The summed E-state index contributed by atoms with van der Waals surface area (Å²) in [6, 6.07) is 6.40. The van der Waals surface area contributed by atoms with E-state index in [1.807, 2.05) is 19.9 Å². The maximum Gasteiger partial charge on any atom is 0.320 e. The van der Waals surface area contributed by atoms with Gasteiger partial charge in [-0.25, -0.2) is 4.98 Å². The molecular formula is C15H19N3O3. The van der Waals surface area contributed by atoms with Crippen LogP contribution in [0.2, 0.25) is 0 Å². The highest BCUT2D eigenvalue weighted by Crippen LogP contribution is 2.07. The summed E-state index contributed by atoms with van der Waals surface area (Å²) in [7, 11) is 0. The van der Waals surface area contributed by atoms with Gasteiger partial charge in [-0.3, -0.25) is 14.9 Å². The Hall–Kier alpha value is -2.21. The fourth-order valence-corrected chi connectivity index (χ4v) is 2.18. The van der Waals surface area contributed by atoms with Crippen LogP contribution in [0.25, 0.3) is 10.9 Å². The Morgan fingerprint density at radius 3 is 2.76 bits per heavy atom. The van der Waals surface area contributed by atoms with Crippen LogP contribution in [0.15, 0.2) is 29.1 Å². The van der Waals surface area contributed by atoms with Gasteiger partial charge in [0.2, 0.25) is 0 Å². The molecule has 1 aromatic heterocycles. The van der Waals surface area contributed by atoms with Crippen molar-refractivity contribution in [2.45, 2.75) is 32.9 Å². The molecular weight excluding hydrogens is 270 g/mol. The second kappa shape index (κ2) is 6.49. The molecule has 6 heteroatoms.